The summed E-state index contributed by atoms with van der Waals surface area (Å²) in [6.45, 7) is 1.83. The molecule has 1 unspecified atom stereocenters. The van der Waals surface area contributed by atoms with E-state index < -0.39 is 6.10 Å². The van der Waals surface area contributed by atoms with Crippen LogP contribution in [0.1, 0.15) is 30.2 Å². The first-order valence-corrected chi connectivity index (χ1v) is 4.79. The fraction of sp³-hybridized carbons (Fsp3) is 0.600. The molecular weight excluding hydrogens is 196 g/mol. The summed E-state index contributed by atoms with van der Waals surface area (Å²) in [5, 5.41) is 13.9. The number of esters is 1. The lowest BCUT2D eigenvalue weighted by atomic mass is 10.1. The molecule has 0 aromatic carbocycles. The van der Waals surface area contributed by atoms with Crippen LogP contribution < -0.4 is 0 Å². The van der Waals surface area contributed by atoms with Crippen LogP contribution in [-0.4, -0.2) is 28.0 Å². The molecule has 0 aliphatic carbocycles. The number of methoxy groups -OCH3 is 1. The normalized spacial score (nSPS) is 12.5. The predicted molar refractivity (Wildman–Crippen MR) is 54.2 cm³/mol. The third-order valence-corrected chi connectivity index (χ3v) is 2.26. The number of carbonyl (C=O) groups is 1. The van der Waals surface area contributed by atoms with Crippen LogP contribution in [0, 0.1) is 6.92 Å². The number of hydrogen-bond donors (Lipinski definition) is 1. The molecule has 0 radical (unpaired) electrons. The van der Waals surface area contributed by atoms with Crippen LogP contribution in [0.2, 0.25) is 0 Å². The zero-order valence-electron chi connectivity index (χ0n) is 9.23. The number of hydrogen-bond acceptors (Lipinski definition) is 4. The van der Waals surface area contributed by atoms with Gasteiger partial charge in [0, 0.05) is 25.2 Å². The molecule has 5 heteroatoms. The molecule has 0 amide bonds. The Labute approximate surface area is 88.7 Å². The number of nitrogens with zero attached hydrogens (tertiary/aromatic N) is 2. The number of ether oxygens (including phenoxy) is 1. The first-order valence-electron chi connectivity index (χ1n) is 4.79. The van der Waals surface area contributed by atoms with E-state index in [-0.39, 0.29) is 12.4 Å². The number of aliphatic hydroxyl groups excluding tert-OH is 1. The summed E-state index contributed by atoms with van der Waals surface area (Å²) in [5.74, 6) is -0.310. The van der Waals surface area contributed by atoms with Crippen LogP contribution in [0.25, 0.3) is 0 Å². The van der Waals surface area contributed by atoms with Gasteiger partial charge in [0.2, 0.25) is 0 Å². The number of rotatable bonds is 4. The Morgan fingerprint density at radius 3 is 2.87 bits per heavy atom. The highest BCUT2D eigenvalue weighted by Gasteiger charge is 2.15. The Bertz CT molecular complexity index is 346. The van der Waals surface area contributed by atoms with Crippen LogP contribution in [0.5, 0.6) is 0 Å². The van der Waals surface area contributed by atoms with Crippen molar-refractivity contribution in [1.82, 2.24) is 9.78 Å². The lowest BCUT2D eigenvalue weighted by Gasteiger charge is -2.07. The Kier molecular flexibility index (Phi) is 3.85. The van der Waals surface area contributed by atoms with Gasteiger partial charge in [-0.1, -0.05) is 0 Å². The van der Waals surface area contributed by atoms with Crippen LogP contribution in [-0.2, 0) is 16.6 Å². The molecule has 84 valence electrons. The van der Waals surface area contributed by atoms with Crippen molar-refractivity contribution in [2.24, 2.45) is 7.05 Å². The average molecular weight is 212 g/mol. The van der Waals surface area contributed by atoms with Gasteiger partial charge >= 0.3 is 5.97 Å². The van der Waals surface area contributed by atoms with E-state index in [4.69, 9.17) is 0 Å². The molecule has 0 fully saturated rings. The molecular formula is C10H16N2O3. The molecule has 1 rings (SSSR count). The third kappa shape index (κ3) is 3.06. The van der Waals surface area contributed by atoms with E-state index >= 15 is 0 Å². The summed E-state index contributed by atoms with van der Waals surface area (Å²) in [7, 11) is 3.13. The second-order valence-corrected chi connectivity index (χ2v) is 3.47. The maximum absolute atomic E-state index is 10.9. The van der Waals surface area contributed by atoms with E-state index in [2.05, 4.69) is 9.84 Å². The summed E-state index contributed by atoms with van der Waals surface area (Å²) in [5.41, 5.74) is 1.55. The number of aliphatic hydroxyl groups is 1. The van der Waals surface area contributed by atoms with E-state index in [1.54, 1.807) is 17.9 Å². The fourth-order valence-electron chi connectivity index (χ4n) is 1.46. The lowest BCUT2D eigenvalue weighted by Crippen LogP contribution is -2.05. The van der Waals surface area contributed by atoms with Gasteiger partial charge in [0.05, 0.1) is 18.9 Å². The highest BCUT2D eigenvalue weighted by molar-refractivity contribution is 5.69. The summed E-state index contributed by atoms with van der Waals surface area (Å²) in [6.07, 6.45) is 1.68. The number of carbonyl (C=O) groups excluding carboxylic acids is 1. The first-order chi connectivity index (χ1) is 7.04. The molecule has 1 aromatic rings. The largest absolute Gasteiger partial charge is 0.469 e. The minimum atomic E-state index is -0.655. The first kappa shape index (κ1) is 11.7. The Morgan fingerprint density at radius 2 is 2.40 bits per heavy atom. The van der Waals surface area contributed by atoms with Crippen molar-refractivity contribution >= 4 is 5.97 Å². The Balaban J connectivity index is 2.57. The van der Waals surface area contributed by atoms with E-state index in [1.165, 1.54) is 7.11 Å². The molecule has 0 bridgehead atoms. The highest BCUT2D eigenvalue weighted by Crippen LogP contribution is 2.20. The summed E-state index contributed by atoms with van der Waals surface area (Å²) >= 11 is 0. The zero-order chi connectivity index (χ0) is 11.4. The molecule has 1 heterocycles. The highest BCUT2D eigenvalue weighted by atomic mass is 16.5. The van der Waals surface area contributed by atoms with Crippen LogP contribution in [0.15, 0.2) is 6.20 Å². The van der Waals surface area contributed by atoms with Crippen LogP contribution in [0.3, 0.4) is 0 Å². The molecule has 1 aromatic heterocycles. The zero-order valence-corrected chi connectivity index (χ0v) is 9.23. The molecule has 1 N–H and O–H groups in total. The lowest BCUT2D eigenvalue weighted by molar-refractivity contribution is -0.141. The number of aryl methyl sites for hydroxylation is 2. The molecule has 0 saturated heterocycles. The summed E-state index contributed by atoms with van der Waals surface area (Å²) in [4.78, 5) is 10.9. The standard InChI is InChI=1S/C10H16N2O3/c1-7-8(6-12(2)11-7)9(13)4-5-10(14)15-3/h6,9,13H,4-5H2,1-3H3. The van der Waals surface area contributed by atoms with Gasteiger partial charge in [-0.3, -0.25) is 9.48 Å². The molecule has 0 aliphatic heterocycles. The quantitative estimate of drug-likeness (QED) is 0.747. The second kappa shape index (κ2) is 4.93. The molecule has 1 atom stereocenters. The van der Waals surface area contributed by atoms with Gasteiger partial charge in [0.1, 0.15) is 0 Å². The fourth-order valence-corrected chi connectivity index (χ4v) is 1.46. The van der Waals surface area contributed by atoms with Crippen LogP contribution >= 0.6 is 0 Å². The molecule has 0 spiro atoms. The molecule has 0 saturated carbocycles. The van der Waals surface area contributed by atoms with E-state index in [0.717, 1.165) is 11.3 Å². The van der Waals surface area contributed by atoms with Gasteiger partial charge in [-0.15, -0.1) is 0 Å². The van der Waals surface area contributed by atoms with Gasteiger partial charge < -0.3 is 9.84 Å². The van der Waals surface area contributed by atoms with Crippen molar-refractivity contribution in [1.29, 1.82) is 0 Å². The van der Waals surface area contributed by atoms with Crippen LogP contribution in [0.4, 0.5) is 0 Å². The topological polar surface area (TPSA) is 64.3 Å². The Morgan fingerprint density at radius 1 is 1.73 bits per heavy atom. The van der Waals surface area contributed by atoms with Crippen molar-refractivity contribution in [2.75, 3.05) is 7.11 Å². The molecule has 15 heavy (non-hydrogen) atoms. The maximum Gasteiger partial charge on any atom is 0.305 e. The van der Waals surface area contributed by atoms with E-state index in [1.807, 2.05) is 6.92 Å². The third-order valence-electron chi connectivity index (χ3n) is 2.26. The Hall–Kier alpha value is -1.36. The van der Waals surface area contributed by atoms with Gasteiger partial charge in [-0.25, -0.2) is 0 Å². The predicted octanol–water partition coefficient (Wildman–Crippen LogP) is 0.715. The van der Waals surface area contributed by atoms with Gasteiger partial charge in [0.25, 0.3) is 0 Å². The molecule has 5 nitrogen and oxygen atoms in total. The number of aromatic nitrogens is 2. The van der Waals surface area contributed by atoms with Crippen molar-refractivity contribution in [3.8, 4) is 0 Å². The SMILES string of the molecule is COC(=O)CCC(O)c1cn(C)nc1C. The van der Waals surface area contributed by atoms with Crippen molar-refractivity contribution in [3.05, 3.63) is 17.5 Å². The van der Waals surface area contributed by atoms with Crippen molar-refractivity contribution in [2.45, 2.75) is 25.9 Å². The van der Waals surface area contributed by atoms with E-state index in [9.17, 15) is 9.90 Å². The van der Waals surface area contributed by atoms with Gasteiger partial charge in [-0.05, 0) is 13.3 Å². The minimum Gasteiger partial charge on any atom is -0.469 e. The summed E-state index contributed by atoms with van der Waals surface area (Å²) < 4.78 is 6.15. The van der Waals surface area contributed by atoms with Crippen molar-refractivity contribution < 1.29 is 14.6 Å². The minimum absolute atomic E-state index is 0.214. The smallest absolute Gasteiger partial charge is 0.305 e. The monoisotopic (exact) mass is 212 g/mol. The maximum atomic E-state index is 10.9. The second-order valence-electron chi connectivity index (χ2n) is 3.47. The summed E-state index contributed by atoms with van der Waals surface area (Å²) in [6, 6.07) is 0. The van der Waals surface area contributed by atoms with E-state index in [0.29, 0.717) is 6.42 Å². The van der Waals surface area contributed by atoms with Crippen molar-refractivity contribution in [3.63, 3.8) is 0 Å². The van der Waals surface area contributed by atoms with Gasteiger partial charge in [0.15, 0.2) is 0 Å². The average Bonchev–Trinajstić information content (AvgIpc) is 2.53. The molecule has 0 aliphatic rings. The van der Waals surface area contributed by atoms with Gasteiger partial charge in [-0.2, -0.15) is 5.10 Å².